The number of benzene rings is 2. The lowest BCUT2D eigenvalue weighted by Gasteiger charge is -2.37. The molecule has 5 heteroatoms. The van der Waals surface area contributed by atoms with Gasteiger partial charge in [0.15, 0.2) is 11.6 Å². The number of nitrogens with zero attached hydrogens (tertiary/aromatic N) is 2. The Morgan fingerprint density at radius 2 is 1.69 bits per heavy atom. The molecule has 0 radical (unpaired) electrons. The molecule has 1 saturated carbocycles. The van der Waals surface area contributed by atoms with E-state index in [0.29, 0.717) is 35.4 Å². The molecule has 2 aliphatic rings. The quantitative estimate of drug-likeness (QED) is 0.441. The van der Waals surface area contributed by atoms with Crippen LogP contribution in [-0.4, -0.2) is 24.2 Å². The van der Waals surface area contributed by atoms with Crippen molar-refractivity contribution in [2.45, 2.75) is 51.2 Å². The summed E-state index contributed by atoms with van der Waals surface area (Å²) in [5.41, 5.74) is 1.75. The van der Waals surface area contributed by atoms with Gasteiger partial charge < -0.3 is 9.64 Å². The fourth-order valence-electron chi connectivity index (χ4n) is 5.49. The number of fused-ring (bicyclic) bond motifs is 1. The van der Waals surface area contributed by atoms with E-state index in [0.717, 1.165) is 25.4 Å². The van der Waals surface area contributed by atoms with Crippen LogP contribution in [-0.2, 0) is 11.3 Å². The van der Waals surface area contributed by atoms with E-state index in [-0.39, 0.29) is 0 Å². The summed E-state index contributed by atoms with van der Waals surface area (Å²) in [7, 11) is 0. The second-order valence-corrected chi connectivity index (χ2v) is 9.31. The molecule has 5 rings (SSSR count). The third kappa shape index (κ3) is 4.63. The van der Waals surface area contributed by atoms with Crippen molar-refractivity contribution in [1.29, 1.82) is 0 Å². The average Bonchev–Trinajstić information content (AvgIpc) is 3.31. The molecule has 0 amide bonds. The largest absolute Gasteiger partial charge is 0.376 e. The standard InChI is InChI=1S/C27H30F2N2O/c28-23-15-22-12-13-27(30-25(22)16-24(23)29)31-14-4-7-26(31)21-10-8-20(9-11-21)18-32-17-19-5-2-1-3-6-19/h1-3,5-6,12-13,15-16,20-21,26H,4,7-11,14,17-18H2/t20?,21?,26-/m1/s1. The van der Waals surface area contributed by atoms with E-state index in [1.54, 1.807) is 0 Å². The highest BCUT2D eigenvalue weighted by Gasteiger charge is 2.35. The lowest BCUT2D eigenvalue weighted by atomic mass is 9.78. The van der Waals surface area contributed by atoms with Gasteiger partial charge in [-0.2, -0.15) is 0 Å². The summed E-state index contributed by atoms with van der Waals surface area (Å²) in [4.78, 5) is 7.09. The Balaban J connectivity index is 1.18. The Morgan fingerprint density at radius 3 is 2.50 bits per heavy atom. The maximum absolute atomic E-state index is 13.7. The summed E-state index contributed by atoms with van der Waals surface area (Å²) in [5.74, 6) is 0.523. The highest BCUT2D eigenvalue weighted by Crippen LogP contribution is 2.38. The molecule has 3 aromatic rings. The summed E-state index contributed by atoms with van der Waals surface area (Å²) in [6.07, 6.45) is 7.18. The van der Waals surface area contributed by atoms with Crippen LogP contribution in [0.25, 0.3) is 10.9 Å². The fraction of sp³-hybridized carbons (Fsp3) is 0.444. The van der Waals surface area contributed by atoms with Gasteiger partial charge in [-0.3, -0.25) is 0 Å². The van der Waals surface area contributed by atoms with Crippen LogP contribution in [0.1, 0.15) is 44.1 Å². The maximum atomic E-state index is 13.7. The molecule has 1 atom stereocenters. The highest BCUT2D eigenvalue weighted by molar-refractivity contribution is 5.80. The van der Waals surface area contributed by atoms with E-state index >= 15 is 0 Å². The predicted octanol–water partition coefficient (Wildman–Crippen LogP) is 6.51. The minimum atomic E-state index is -0.840. The second kappa shape index (κ2) is 9.53. The monoisotopic (exact) mass is 436 g/mol. The average molecular weight is 437 g/mol. The van der Waals surface area contributed by atoms with Crippen LogP contribution in [0.5, 0.6) is 0 Å². The topological polar surface area (TPSA) is 25.4 Å². The van der Waals surface area contributed by atoms with Gasteiger partial charge >= 0.3 is 0 Å². The minimum absolute atomic E-state index is 0.483. The Labute approximate surface area is 188 Å². The van der Waals surface area contributed by atoms with Crippen LogP contribution in [0.4, 0.5) is 14.6 Å². The van der Waals surface area contributed by atoms with Gasteiger partial charge in [-0.1, -0.05) is 30.3 Å². The number of aromatic nitrogens is 1. The summed E-state index contributed by atoms with van der Waals surface area (Å²) >= 11 is 0. The minimum Gasteiger partial charge on any atom is -0.376 e. The van der Waals surface area contributed by atoms with Gasteiger partial charge in [0.1, 0.15) is 5.82 Å². The molecule has 0 bridgehead atoms. The molecule has 2 aromatic carbocycles. The third-order valence-electron chi connectivity index (χ3n) is 7.21. The van der Waals surface area contributed by atoms with Gasteiger partial charge in [-0.25, -0.2) is 13.8 Å². The van der Waals surface area contributed by atoms with Gasteiger partial charge in [0.25, 0.3) is 0 Å². The number of hydrogen-bond donors (Lipinski definition) is 0. The summed E-state index contributed by atoms with van der Waals surface area (Å²) in [6, 6.07) is 17.1. The smallest absolute Gasteiger partial charge is 0.161 e. The van der Waals surface area contributed by atoms with E-state index in [2.05, 4.69) is 34.1 Å². The lowest BCUT2D eigenvalue weighted by Crippen LogP contribution is -2.38. The molecule has 1 saturated heterocycles. The van der Waals surface area contributed by atoms with Gasteiger partial charge in [-0.15, -0.1) is 0 Å². The van der Waals surface area contributed by atoms with Crippen molar-refractivity contribution in [3.8, 4) is 0 Å². The molecule has 0 spiro atoms. The first-order chi connectivity index (χ1) is 15.7. The zero-order chi connectivity index (χ0) is 21.9. The van der Waals surface area contributed by atoms with Crippen LogP contribution < -0.4 is 4.90 Å². The third-order valence-corrected chi connectivity index (χ3v) is 7.21. The van der Waals surface area contributed by atoms with E-state index in [9.17, 15) is 8.78 Å². The van der Waals surface area contributed by atoms with Crippen molar-refractivity contribution in [1.82, 2.24) is 4.98 Å². The number of anilines is 1. The fourth-order valence-corrected chi connectivity index (χ4v) is 5.49. The van der Waals surface area contributed by atoms with Crippen molar-refractivity contribution in [3.05, 3.63) is 71.8 Å². The molecular weight excluding hydrogens is 406 g/mol. The number of hydrogen-bond acceptors (Lipinski definition) is 3. The van der Waals surface area contributed by atoms with Crippen LogP contribution in [0.15, 0.2) is 54.6 Å². The zero-order valence-electron chi connectivity index (χ0n) is 18.4. The SMILES string of the molecule is Fc1cc2ccc(N3CCC[C@@H]3C3CCC(COCc4ccccc4)CC3)nc2cc1F. The van der Waals surface area contributed by atoms with Crippen molar-refractivity contribution < 1.29 is 13.5 Å². The van der Waals surface area contributed by atoms with Gasteiger partial charge in [0, 0.05) is 30.6 Å². The van der Waals surface area contributed by atoms with Gasteiger partial charge in [-0.05, 0) is 74.1 Å². The molecule has 1 aliphatic carbocycles. The lowest BCUT2D eigenvalue weighted by molar-refractivity contribution is 0.0649. The molecule has 0 unspecified atom stereocenters. The first kappa shape index (κ1) is 21.3. The molecule has 1 aromatic heterocycles. The molecular formula is C27H30F2N2O. The maximum Gasteiger partial charge on any atom is 0.161 e. The Kier molecular flexibility index (Phi) is 6.35. The zero-order valence-corrected chi connectivity index (χ0v) is 18.4. The van der Waals surface area contributed by atoms with E-state index in [1.807, 2.05) is 18.2 Å². The van der Waals surface area contributed by atoms with Crippen LogP contribution in [0.2, 0.25) is 0 Å². The highest BCUT2D eigenvalue weighted by atomic mass is 19.2. The van der Waals surface area contributed by atoms with E-state index in [4.69, 9.17) is 4.74 Å². The van der Waals surface area contributed by atoms with Crippen molar-refractivity contribution in [3.63, 3.8) is 0 Å². The molecule has 32 heavy (non-hydrogen) atoms. The van der Waals surface area contributed by atoms with Crippen molar-refractivity contribution in [2.75, 3.05) is 18.1 Å². The van der Waals surface area contributed by atoms with Gasteiger partial charge in [0.2, 0.25) is 0 Å². The molecule has 2 fully saturated rings. The Bertz CT molecular complexity index is 1050. The van der Waals surface area contributed by atoms with Crippen LogP contribution >= 0.6 is 0 Å². The summed E-state index contributed by atoms with van der Waals surface area (Å²) in [5, 5.41) is 0.638. The van der Waals surface area contributed by atoms with Crippen LogP contribution in [0.3, 0.4) is 0 Å². The van der Waals surface area contributed by atoms with Gasteiger partial charge in [0.05, 0.1) is 12.1 Å². The first-order valence-electron chi connectivity index (χ1n) is 11.8. The predicted molar refractivity (Wildman–Crippen MR) is 124 cm³/mol. The second-order valence-electron chi connectivity index (χ2n) is 9.31. The summed E-state index contributed by atoms with van der Waals surface area (Å²) in [6.45, 7) is 2.51. The van der Waals surface area contributed by atoms with E-state index in [1.165, 1.54) is 49.8 Å². The van der Waals surface area contributed by atoms with Crippen molar-refractivity contribution >= 4 is 16.7 Å². The number of halogens is 2. The van der Waals surface area contributed by atoms with Crippen LogP contribution in [0, 0.1) is 23.5 Å². The number of pyridine rings is 1. The van der Waals surface area contributed by atoms with E-state index < -0.39 is 11.6 Å². The Morgan fingerprint density at radius 1 is 0.906 bits per heavy atom. The molecule has 0 N–H and O–H groups in total. The Hall–Kier alpha value is -2.53. The number of rotatable bonds is 6. The molecule has 1 aliphatic heterocycles. The molecule has 2 heterocycles. The molecule has 168 valence electrons. The number of ether oxygens (including phenoxy) is 1. The normalized spacial score (nSPS) is 23.7. The first-order valence-corrected chi connectivity index (χ1v) is 11.8. The summed E-state index contributed by atoms with van der Waals surface area (Å²) < 4.78 is 33.2. The molecule has 3 nitrogen and oxygen atoms in total. The van der Waals surface area contributed by atoms with Crippen molar-refractivity contribution in [2.24, 2.45) is 11.8 Å².